The normalized spacial score (nSPS) is 11.1. The van der Waals surface area contributed by atoms with Crippen LogP contribution in [0, 0.1) is 19.3 Å². The van der Waals surface area contributed by atoms with Crippen molar-refractivity contribution in [1.29, 1.82) is 0 Å². The fourth-order valence-electron chi connectivity index (χ4n) is 1.54. The van der Waals surface area contributed by atoms with Gasteiger partial charge in [0.1, 0.15) is 0 Å². The molecule has 0 heterocycles. The van der Waals surface area contributed by atoms with Crippen molar-refractivity contribution in [3.05, 3.63) is 29.3 Å². The molecule has 0 spiro atoms. The van der Waals surface area contributed by atoms with Gasteiger partial charge in [0.2, 0.25) is 11.8 Å². The molecule has 0 radical (unpaired) electrons. The Labute approximate surface area is 124 Å². The van der Waals surface area contributed by atoms with E-state index < -0.39 is 5.41 Å². The minimum absolute atomic E-state index is 0.0630. The van der Waals surface area contributed by atoms with Crippen LogP contribution in [0.5, 0.6) is 0 Å². The van der Waals surface area contributed by atoms with Crippen LogP contribution in [0.2, 0.25) is 0 Å². The Balaban J connectivity index is 2.57. The SMILES string of the molecule is Cc1cccc(NC(=O)CNC(=O)C(C)(C)CCl)c1C. The summed E-state index contributed by atoms with van der Waals surface area (Å²) < 4.78 is 0. The van der Waals surface area contributed by atoms with Gasteiger partial charge < -0.3 is 10.6 Å². The number of aryl methyl sites for hydroxylation is 1. The summed E-state index contributed by atoms with van der Waals surface area (Å²) in [4.78, 5) is 23.6. The topological polar surface area (TPSA) is 58.2 Å². The molecule has 0 fully saturated rings. The summed E-state index contributed by atoms with van der Waals surface area (Å²) >= 11 is 5.71. The van der Waals surface area contributed by atoms with Gasteiger partial charge in [-0.2, -0.15) is 0 Å². The van der Waals surface area contributed by atoms with E-state index in [0.717, 1.165) is 16.8 Å². The number of hydrogen-bond acceptors (Lipinski definition) is 2. The van der Waals surface area contributed by atoms with Crippen molar-refractivity contribution in [2.75, 3.05) is 17.7 Å². The highest BCUT2D eigenvalue weighted by Gasteiger charge is 2.26. The van der Waals surface area contributed by atoms with Crippen LogP contribution in [-0.4, -0.2) is 24.2 Å². The summed E-state index contributed by atoms with van der Waals surface area (Å²) in [6.45, 7) is 7.33. The number of nitrogens with one attached hydrogen (secondary N) is 2. The third kappa shape index (κ3) is 4.23. The van der Waals surface area contributed by atoms with E-state index in [1.807, 2.05) is 32.0 Å². The van der Waals surface area contributed by atoms with Gasteiger partial charge in [-0.05, 0) is 44.9 Å². The number of hydrogen-bond donors (Lipinski definition) is 2. The van der Waals surface area contributed by atoms with Gasteiger partial charge in [0.05, 0.1) is 12.0 Å². The first-order valence-corrected chi connectivity index (χ1v) is 7.01. The van der Waals surface area contributed by atoms with Crippen molar-refractivity contribution in [3.8, 4) is 0 Å². The van der Waals surface area contributed by atoms with Crippen LogP contribution in [0.25, 0.3) is 0 Å². The van der Waals surface area contributed by atoms with Crippen molar-refractivity contribution in [1.82, 2.24) is 5.32 Å². The van der Waals surface area contributed by atoms with Gasteiger partial charge in [-0.25, -0.2) is 0 Å². The first-order chi connectivity index (χ1) is 9.27. The van der Waals surface area contributed by atoms with Gasteiger partial charge in [0, 0.05) is 11.6 Å². The number of halogens is 1. The summed E-state index contributed by atoms with van der Waals surface area (Å²) in [5, 5.41) is 5.38. The van der Waals surface area contributed by atoms with E-state index in [9.17, 15) is 9.59 Å². The summed E-state index contributed by atoms with van der Waals surface area (Å²) in [5.41, 5.74) is 2.21. The molecule has 2 N–H and O–H groups in total. The highest BCUT2D eigenvalue weighted by molar-refractivity contribution is 6.19. The monoisotopic (exact) mass is 296 g/mol. The van der Waals surface area contributed by atoms with E-state index in [-0.39, 0.29) is 24.2 Å². The lowest BCUT2D eigenvalue weighted by Crippen LogP contribution is -2.41. The van der Waals surface area contributed by atoms with Crippen molar-refractivity contribution in [2.24, 2.45) is 5.41 Å². The van der Waals surface area contributed by atoms with Gasteiger partial charge >= 0.3 is 0 Å². The molecule has 0 aliphatic carbocycles. The molecule has 20 heavy (non-hydrogen) atoms. The molecule has 110 valence electrons. The number of rotatable bonds is 5. The summed E-state index contributed by atoms with van der Waals surface area (Å²) in [6, 6.07) is 5.70. The lowest BCUT2D eigenvalue weighted by atomic mass is 9.95. The van der Waals surface area contributed by atoms with E-state index in [1.54, 1.807) is 13.8 Å². The first kappa shape index (κ1) is 16.5. The Morgan fingerprint density at radius 3 is 2.50 bits per heavy atom. The van der Waals surface area contributed by atoms with Crippen molar-refractivity contribution >= 4 is 29.1 Å². The Morgan fingerprint density at radius 1 is 1.25 bits per heavy atom. The standard InChI is InChI=1S/C15H21ClN2O2/c1-10-6-5-7-12(11(10)2)18-13(19)8-17-14(20)15(3,4)9-16/h5-7H,8-9H2,1-4H3,(H,17,20)(H,18,19). The maximum absolute atomic E-state index is 11.8. The summed E-state index contributed by atoms with van der Waals surface area (Å²) in [6.07, 6.45) is 0. The summed E-state index contributed by atoms with van der Waals surface area (Å²) in [7, 11) is 0. The number of carbonyl (C=O) groups excluding carboxylic acids is 2. The Bertz CT molecular complexity index is 513. The second-order valence-corrected chi connectivity index (χ2v) is 5.76. The molecule has 4 nitrogen and oxygen atoms in total. The second-order valence-electron chi connectivity index (χ2n) is 5.50. The largest absolute Gasteiger partial charge is 0.347 e. The summed E-state index contributed by atoms with van der Waals surface area (Å²) in [5.74, 6) is -0.279. The van der Waals surface area contributed by atoms with E-state index in [2.05, 4.69) is 10.6 Å². The maximum atomic E-state index is 11.8. The Hall–Kier alpha value is -1.55. The molecule has 0 atom stereocenters. The van der Waals surface area contributed by atoms with Gasteiger partial charge in [0.15, 0.2) is 0 Å². The van der Waals surface area contributed by atoms with Gasteiger partial charge in [0.25, 0.3) is 0 Å². The number of amides is 2. The van der Waals surface area contributed by atoms with Crippen molar-refractivity contribution in [2.45, 2.75) is 27.7 Å². The molecule has 1 rings (SSSR count). The molecule has 0 aliphatic rings. The highest BCUT2D eigenvalue weighted by atomic mass is 35.5. The third-order valence-electron chi connectivity index (χ3n) is 3.24. The predicted octanol–water partition coefficient (Wildman–Crippen LogP) is 2.62. The number of carbonyl (C=O) groups is 2. The molecule has 0 saturated carbocycles. The molecule has 2 amide bonds. The predicted molar refractivity (Wildman–Crippen MR) is 82.1 cm³/mol. The van der Waals surface area contributed by atoms with E-state index >= 15 is 0 Å². The second kappa shape index (κ2) is 6.75. The smallest absolute Gasteiger partial charge is 0.243 e. The molecular weight excluding hydrogens is 276 g/mol. The lowest BCUT2D eigenvalue weighted by molar-refractivity contribution is -0.130. The van der Waals surface area contributed by atoms with Crippen LogP contribution < -0.4 is 10.6 Å². The molecule has 1 aromatic carbocycles. The zero-order valence-corrected chi connectivity index (χ0v) is 13.1. The van der Waals surface area contributed by atoms with Crippen LogP contribution in [-0.2, 0) is 9.59 Å². The zero-order valence-electron chi connectivity index (χ0n) is 12.3. The van der Waals surface area contributed by atoms with Gasteiger partial charge in [-0.3, -0.25) is 9.59 Å². The van der Waals surface area contributed by atoms with Gasteiger partial charge in [-0.1, -0.05) is 12.1 Å². The molecule has 0 unspecified atom stereocenters. The number of benzene rings is 1. The van der Waals surface area contributed by atoms with Gasteiger partial charge in [-0.15, -0.1) is 11.6 Å². The molecule has 5 heteroatoms. The minimum atomic E-state index is -0.679. The van der Waals surface area contributed by atoms with Crippen LogP contribution in [0.1, 0.15) is 25.0 Å². The minimum Gasteiger partial charge on any atom is -0.347 e. The molecule has 1 aromatic rings. The molecule has 0 aliphatic heterocycles. The third-order valence-corrected chi connectivity index (χ3v) is 3.91. The molecule has 0 saturated heterocycles. The van der Waals surface area contributed by atoms with Crippen LogP contribution in [0.3, 0.4) is 0 Å². The van der Waals surface area contributed by atoms with E-state index in [4.69, 9.17) is 11.6 Å². The molecular formula is C15H21ClN2O2. The first-order valence-electron chi connectivity index (χ1n) is 6.48. The fourth-order valence-corrected chi connectivity index (χ4v) is 1.66. The lowest BCUT2D eigenvalue weighted by Gasteiger charge is -2.20. The van der Waals surface area contributed by atoms with Crippen molar-refractivity contribution < 1.29 is 9.59 Å². The number of anilines is 1. The van der Waals surface area contributed by atoms with Crippen LogP contribution in [0.4, 0.5) is 5.69 Å². The van der Waals surface area contributed by atoms with E-state index in [1.165, 1.54) is 0 Å². The molecule has 0 aromatic heterocycles. The molecule has 0 bridgehead atoms. The zero-order chi connectivity index (χ0) is 15.3. The van der Waals surface area contributed by atoms with Crippen molar-refractivity contribution in [3.63, 3.8) is 0 Å². The Morgan fingerprint density at radius 2 is 1.90 bits per heavy atom. The number of alkyl halides is 1. The van der Waals surface area contributed by atoms with Crippen LogP contribution >= 0.6 is 11.6 Å². The van der Waals surface area contributed by atoms with E-state index in [0.29, 0.717) is 0 Å². The average molecular weight is 297 g/mol. The highest BCUT2D eigenvalue weighted by Crippen LogP contribution is 2.18. The van der Waals surface area contributed by atoms with Crippen LogP contribution in [0.15, 0.2) is 18.2 Å². The fraction of sp³-hybridized carbons (Fsp3) is 0.467. The average Bonchev–Trinajstić information content (AvgIpc) is 2.41. The Kier molecular flexibility index (Phi) is 5.57. The quantitative estimate of drug-likeness (QED) is 0.821. The maximum Gasteiger partial charge on any atom is 0.243 e.